The van der Waals surface area contributed by atoms with E-state index >= 15 is 0 Å². The lowest BCUT2D eigenvalue weighted by atomic mass is 9.93. The fourth-order valence-corrected chi connectivity index (χ4v) is 4.89. The molecule has 1 saturated carbocycles. The number of hydrogen-bond acceptors (Lipinski definition) is 3. The minimum atomic E-state index is -4.45. The molecule has 2 aliphatic rings. The quantitative estimate of drug-likeness (QED) is 0.599. The molecule has 0 radical (unpaired) electrons. The van der Waals surface area contributed by atoms with E-state index in [2.05, 4.69) is 10.2 Å². The number of amides is 2. The number of alkyl halides is 3. The van der Waals surface area contributed by atoms with E-state index in [1.54, 1.807) is 23.1 Å². The number of nitrogens with one attached hydrogen (secondary N) is 1. The van der Waals surface area contributed by atoms with Gasteiger partial charge in [-0.2, -0.15) is 13.2 Å². The molecular weight excluding hydrogens is 502 g/mol. The second kappa shape index (κ2) is 9.99. The third-order valence-corrected chi connectivity index (χ3v) is 7.39. The van der Waals surface area contributed by atoms with Crippen molar-refractivity contribution >= 4 is 35.0 Å². The van der Waals surface area contributed by atoms with Crippen LogP contribution in [-0.4, -0.2) is 60.9 Å². The summed E-state index contributed by atoms with van der Waals surface area (Å²) in [6, 6.07) is 8.80. The number of halogens is 5. The molecule has 10 heteroatoms. The molecular formula is C25H26Cl2F3N3O2. The molecule has 2 aromatic carbocycles. The highest BCUT2D eigenvalue weighted by Gasteiger charge is 2.52. The topological polar surface area (TPSA) is 52.6 Å². The zero-order valence-corrected chi connectivity index (χ0v) is 20.7. The van der Waals surface area contributed by atoms with E-state index in [9.17, 15) is 22.8 Å². The molecule has 1 unspecified atom stereocenters. The maximum atomic E-state index is 13.5. The van der Waals surface area contributed by atoms with Gasteiger partial charge in [0.05, 0.1) is 11.0 Å². The lowest BCUT2D eigenvalue weighted by Crippen LogP contribution is -2.56. The minimum absolute atomic E-state index is 0.177. The Balaban J connectivity index is 1.56. The molecule has 35 heavy (non-hydrogen) atoms. The molecule has 1 saturated heterocycles. The number of carbonyl (C=O) groups is 2. The third-order valence-electron chi connectivity index (χ3n) is 6.81. The first-order chi connectivity index (χ1) is 16.5. The Labute approximate surface area is 212 Å². The zero-order valence-electron chi connectivity index (χ0n) is 19.2. The second-order valence-corrected chi connectivity index (χ2v) is 10.1. The van der Waals surface area contributed by atoms with Crippen LogP contribution in [0.3, 0.4) is 0 Å². The first-order valence-electron chi connectivity index (χ1n) is 11.4. The van der Waals surface area contributed by atoms with Crippen LogP contribution < -0.4 is 5.32 Å². The standard InChI is InChI=1S/C25H26Cl2F3N3O2/c1-32-10-12-33(13-11-32)22(34)21(14-16-2-7-19(26)15-20(16)27)31-23(35)24(8-9-24)17-3-5-18(6-4-17)25(28,29)30/h2-7,15,21H,8-14H2,1H3,(H,31,35). The van der Waals surface area contributed by atoms with Crippen molar-refractivity contribution < 1.29 is 22.8 Å². The van der Waals surface area contributed by atoms with Gasteiger partial charge < -0.3 is 15.1 Å². The van der Waals surface area contributed by atoms with Gasteiger partial charge in [-0.1, -0.05) is 41.4 Å². The summed E-state index contributed by atoms with van der Waals surface area (Å²) in [4.78, 5) is 30.7. The van der Waals surface area contributed by atoms with Crippen molar-refractivity contribution in [1.29, 1.82) is 0 Å². The second-order valence-electron chi connectivity index (χ2n) is 9.25. The van der Waals surface area contributed by atoms with Gasteiger partial charge in [-0.25, -0.2) is 0 Å². The molecule has 2 aromatic rings. The normalized spacial score (nSPS) is 18.7. The van der Waals surface area contributed by atoms with Gasteiger partial charge in [-0.15, -0.1) is 0 Å². The van der Waals surface area contributed by atoms with E-state index in [1.165, 1.54) is 12.1 Å². The molecule has 188 valence electrons. The van der Waals surface area contributed by atoms with Crippen LogP contribution in [0.5, 0.6) is 0 Å². The third kappa shape index (κ3) is 5.76. The van der Waals surface area contributed by atoms with Crippen molar-refractivity contribution in [3.63, 3.8) is 0 Å². The highest BCUT2D eigenvalue weighted by Crippen LogP contribution is 2.49. The molecule has 0 aromatic heterocycles. The van der Waals surface area contributed by atoms with Crippen LogP contribution in [0.25, 0.3) is 0 Å². The molecule has 1 atom stereocenters. The van der Waals surface area contributed by atoms with Gasteiger partial charge in [0.2, 0.25) is 11.8 Å². The van der Waals surface area contributed by atoms with Gasteiger partial charge in [-0.05, 0) is 55.3 Å². The van der Waals surface area contributed by atoms with Crippen LogP contribution in [0.4, 0.5) is 13.2 Å². The highest BCUT2D eigenvalue weighted by atomic mass is 35.5. The van der Waals surface area contributed by atoms with Crippen LogP contribution in [0.2, 0.25) is 10.0 Å². The average molecular weight is 528 g/mol. The van der Waals surface area contributed by atoms with E-state index in [0.717, 1.165) is 25.2 Å². The van der Waals surface area contributed by atoms with Gasteiger partial charge in [0.15, 0.2) is 0 Å². The summed E-state index contributed by atoms with van der Waals surface area (Å²) in [5, 5.41) is 3.76. The lowest BCUT2D eigenvalue weighted by molar-refractivity contribution is -0.138. The molecule has 1 N–H and O–H groups in total. The predicted octanol–water partition coefficient (Wildman–Crippen LogP) is 4.55. The minimum Gasteiger partial charge on any atom is -0.343 e. The lowest BCUT2D eigenvalue weighted by Gasteiger charge is -2.35. The van der Waals surface area contributed by atoms with Crippen molar-refractivity contribution in [2.24, 2.45) is 0 Å². The summed E-state index contributed by atoms with van der Waals surface area (Å²) < 4.78 is 38.9. The Hall–Kier alpha value is -2.29. The Morgan fingerprint density at radius 1 is 1.03 bits per heavy atom. The maximum Gasteiger partial charge on any atom is 0.416 e. The fourth-order valence-electron chi connectivity index (χ4n) is 4.40. The number of rotatable bonds is 6. The monoisotopic (exact) mass is 527 g/mol. The van der Waals surface area contributed by atoms with Crippen LogP contribution >= 0.6 is 23.2 Å². The van der Waals surface area contributed by atoms with Gasteiger partial charge in [-0.3, -0.25) is 9.59 Å². The van der Waals surface area contributed by atoms with Gasteiger partial charge in [0.1, 0.15) is 6.04 Å². The fraction of sp³-hybridized carbons (Fsp3) is 0.440. The summed E-state index contributed by atoms with van der Waals surface area (Å²) in [5.74, 6) is -0.574. The smallest absolute Gasteiger partial charge is 0.343 e. The van der Waals surface area contributed by atoms with E-state index in [4.69, 9.17) is 23.2 Å². The highest BCUT2D eigenvalue weighted by molar-refractivity contribution is 6.35. The average Bonchev–Trinajstić information content (AvgIpc) is 3.62. The molecule has 5 nitrogen and oxygen atoms in total. The van der Waals surface area contributed by atoms with E-state index in [-0.39, 0.29) is 18.2 Å². The number of carbonyl (C=O) groups excluding carboxylic acids is 2. The van der Waals surface area contributed by atoms with Crippen LogP contribution in [-0.2, 0) is 27.6 Å². The summed E-state index contributed by atoms with van der Waals surface area (Å²) in [7, 11) is 1.98. The van der Waals surface area contributed by atoms with Gasteiger partial charge in [0, 0.05) is 42.6 Å². The molecule has 2 fully saturated rings. The SMILES string of the molecule is CN1CCN(C(=O)C(Cc2ccc(Cl)cc2Cl)NC(=O)C2(c3ccc(C(F)(F)F)cc3)CC2)CC1. The van der Waals surface area contributed by atoms with Crippen molar-refractivity contribution in [3.8, 4) is 0 Å². The van der Waals surface area contributed by atoms with Crippen molar-refractivity contribution in [1.82, 2.24) is 15.1 Å². The van der Waals surface area contributed by atoms with Crippen molar-refractivity contribution in [3.05, 3.63) is 69.2 Å². The first kappa shape index (κ1) is 25.8. The molecule has 0 spiro atoms. The zero-order chi connectivity index (χ0) is 25.4. The molecule has 4 rings (SSSR count). The Kier molecular flexibility index (Phi) is 7.36. The summed E-state index contributed by atoms with van der Waals surface area (Å²) in [6.45, 7) is 2.54. The predicted molar refractivity (Wildman–Crippen MR) is 129 cm³/mol. The van der Waals surface area contributed by atoms with Crippen LogP contribution in [0, 0.1) is 0 Å². The molecule has 1 aliphatic heterocycles. The number of likely N-dealkylation sites (N-methyl/N-ethyl adjacent to an activating group) is 1. The summed E-state index contributed by atoms with van der Waals surface area (Å²) in [6.07, 6.45) is -3.27. The van der Waals surface area contributed by atoms with Gasteiger partial charge >= 0.3 is 6.18 Å². The molecule has 1 heterocycles. The number of nitrogens with zero attached hydrogens (tertiary/aromatic N) is 2. The Morgan fingerprint density at radius 2 is 1.66 bits per heavy atom. The Morgan fingerprint density at radius 3 is 2.20 bits per heavy atom. The van der Waals surface area contributed by atoms with Crippen LogP contribution in [0.15, 0.2) is 42.5 Å². The van der Waals surface area contributed by atoms with E-state index in [0.29, 0.717) is 47.1 Å². The van der Waals surface area contributed by atoms with Crippen molar-refractivity contribution in [2.45, 2.75) is 36.9 Å². The van der Waals surface area contributed by atoms with Crippen LogP contribution in [0.1, 0.15) is 29.5 Å². The molecule has 1 aliphatic carbocycles. The maximum absolute atomic E-state index is 13.5. The summed E-state index contributed by atoms with van der Waals surface area (Å²) in [5.41, 5.74) is -0.520. The number of benzene rings is 2. The van der Waals surface area contributed by atoms with E-state index in [1.807, 2.05) is 7.05 Å². The largest absolute Gasteiger partial charge is 0.416 e. The summed E-state index contributed by atoms with van der Waals surface area (Å²) >= 11 is 12.4. The Bertz CT molecular complexity index is 1100. The first-order valence-corrected chi connectivity index (χ1v) is 12.2. The molecule has 0 bridgehead atoms. The molecule has 2 amide bonds. The van der Waals surface area contributed by atoms with E-state index < -0.39 is 23.2 Å². The number of hydrogen-bond donors (Lipinski definition) is 1. The number of piperazine rings is 1. The van der Waals surface area contributed by atoms with Gasteiger partial charge in [0.25, 0.3) is 0 Å². The van der Waals surface area contributed by atoms with Crippen molar-refractivity contribution in [2.75, 3.05) is 33.2 Å².